The van der Waals surface area contributed by atoms with Gasteiger partial charge in [0.1, 0.15) is 0 Å². The van der Waals surface area contributed by atoms with Gasteiger partial charge in [-0.15, -0.1) is 0 Å². The highest BCUT2D eigenvalue weighted by Gasteiger charge is 2.36. The van der Waals surface area contributed by atoms with Gasteiger partial charge in [0.15, 0.2) is 5.70 Å². The predicted molar refractivity (Wildman–Crippen MR) is 92.7 cm³/mol. The summed E-state index contributed by atoms with van der Waals surface area (Å²) in [5.41, 5.74) is 3.12. The predicted octanol–water partition coefficient (Wildman–Crippen LogP) is 3.15. The Bertz CT molecular complexity index is 750. The topological polar surface area (TPSA) is 64.8 Å². The number of carbonyl (C=O) groups excluding carboxylic acids is 1. The largest absolute Gasteiger partial charge is 0.466 e. The Morgan fingerprint density at radius 2 is 2.25 bits per heavy atom. The molecule has 1 aliphatic rings. The number of carbonyl (C=O) groups is 1. The van der Waals surface area contributed by atoms with E-state index < -0.39 is 11.9 Å². The fourth-order valence-electron chi connectivity index (χ4n) is 2.71. The minimum absolute atomic E-state index is 0.429. The second kappa shape index (κ2) is 8.08. The van der Waals surface area contributed by atoms with Gasteiger partial charge in [-0.1, -0.05) is 0 Å². The number of methoxy groups -OCH3 is 2. The van der Waals surface area contributed by atoms with E-state index in [2.05, 4.69) is 31.1 Å². The zero-order chi connectivity index (χ0) is 17.7. The number of rotatable bonds is 5. The molecular formula is C17H18BrN3O3. The summed E-state index contributed by atoms with van der Waals surface area (Å²) < 4.78 is 10.9. The van der Waals surface area contributed by atoms with Crippen LogP contribution in [0, 0.1) is 6.57 Å². The van der Waals surface area contributed by atoms with Crippen molar-refractivity contribution in [1.29, 1.82) is 0 Å². The van der Waals surface area contributed by atoms with E-state index in [1.807, 2.05) is 6.92 Å². The van der Waals surface area contributed by atoms with E-state index in [-0.39, 0.29) is 0 Å². The van der Waals surface area contributed by atoms with Crippen molar-refractivity contribution in [2.24, 2.45) is 0 Å². The fraction of sp³-hybridized carbons (Fsp3) is 0.353. The molecule has 0 aromatic carbocycles. The molecule has 24 heavy (non-hydrogen) atoms. The van der Waals surface area contributed by atoms with Crippen LogP contribution in [0.2, 0.25) is 0 Å². The highest BCUT2D eigenvalue weighted by atomic mass is 79.9. The number of nitrogens with one attached hydrogen (secondary N) is 1. The molecule has 1 aromatic rings. The second-order valence-corrected chi connectivity index (χ2v) is 6.06. The number of hydrogen-bond acceptors (Lipinski definition) is 5. The molecule has 2 heterocycles. The maximum atomic E-state index is 12.5. The van der Waals surface area contributed by atoms with E-state index >= 15 is 0 Å². The first-order valence-electron chi connectivity index (χ1n) is 7.30. The summed E-state index contributed by atoms with van der Waals surface area (Å²) in [5, 5.41) is 3.17. The number of esters is 1. The van der Waals surface area contributed by atoms with Crippen LogP contribution in [-0.2, 0) is 14.3 Å². The zero-order valence-corrected chi connectivity index (χ0v) is 15.3. The van der Waals surface area contributed by atoms with Gasteiger partial charge in [-0.3, -0.25) is 4.98 Å². The summed E-state index contributed by atoms with van der Waals surface area (Å²) >= 11 is 3.47. The van der Waals surface area contributed by atoms with Crippen molar-refractivity contribution in [1.82, 2.24) is 10.3 Å². The first-order chi connectivity index (χ1) is 11.5. The van der Waals surface area contributed by atoms with E-state index in [0.717, 1.165) is 15.7 Å². The van der Waals surface area contributed by atoms with Crippen LogP contribution >= 0.6 is 15.9 Å². The molecule has 0 radical (unpaired) electrons. The first-order valence-corrected chi connectivity index (χ1v) is 8.09. The van der Waals surface area contributed by atoms with Crippen molar-refractivity contribution >= 4 is 21.9 Å². The third kappa shape index (κ3) is 3.50. The summed E-state index contributed by atoms with van der Waals surface area (Å²) in [6.45, 7) is 9.85. The minimum atomic E-state index is -0.513. The Kier molecular flexibility index (Phi) is 6.12. The molecule has 1 aromatic heterocycles. The van der Waals surface area contributed by atoms with Crippen molar-refractivity contribution in [3.8, 4) is 0 Å². The molecule has 0 aliphatic carbocycles. The smallest absolute Gasteiger partial charge is 0.335 e. The van der Waals surface area contributed by atoms with Gasteiger partial charge in [-0.25, -0.2) is 9.64 Å². The van der Waals surface area contributed by atoms with E-state index in [1.165, 1.54) is 7.11 Å². The second-order valence-electron chi connectivity index (χ2n) is 5.20. The molecular weight excluding hydrogens is 374 g/mol. The normalized spacial score (nSPS) is 17.4. The molecule has 1 unspecified atom stereocenters. The lowest BCUT2D eigenvalue weighted by Gasteiger charge is -2.30. The number of halogens is 1. The number of hydrogen-bond donors (Lipinski definition) is 1. The number of allylic oxidation sites excluding steroid dienone is 2. The van der Waals surface area contributed by atoms with Gasteiger partial charge in [0.05, 0.1) is 31.8 Å². The molecule has 0 saturated carbocycles. The maximum absolute atomic E-state index is 12.5. The van der Waals surface area contributed by atoms with Gasteiger partial charge in [0.25, 0.3) is 0 Å². The number of ether oxygens (including phenoxy) is 2. The third-order valence-corrected chi connectivity index (χ3v) is 4.47. The number of dihydropyridines is 1. The molecule has 0 amide bonds. The van der Waals surface area contributed by atoms with Crippen LogP contribution in [0.15, 0.2) is 45.6 Å². The van der Waals surface area contributed by atoms with E-state index in [9.17, 15) is 4.79 Å². The van der Waals surface area contributed by atoms with Crippen molar-refractivity contribution in [3.05, 3.63) is 62.6 Å². The SMILES string of the molecule is [C-]#[N+]C1=C(C)NC(CCOC)=C(C(=O)OC)C1c1ccncc1Br. The Hall–Kier alpha value is -2.17. The molecule has 1 aliphatic heterocycles. The van der Waals surface area contributed by atoms with Crippen LogP contribution in [0.3, 0.4) is 0 Å². The average molecular weight is 392 g/mol. The summed E-state index contributed by atoms with van der Waals surface area (Å²) in [6.07, 6.45) is 3.81. The summed E-state index contributed by atoms with van der Waals surface area (Å²) in [4.78, 5) is 20.2. The van der Waals surface area contributed by atoms with Crippen LogP contribution in [0.4, 0.5) is 0 Å². The van der Waals surface area contributed by atoms with Crippen LogP contribution in [0.5, 0.6) is 0 Å². The summed E-state index contributed by atoms with van der Waals surface area (Å²) in [5.74, 6) is -0.976. The molecule has 0 spiro atoms. The molecule has 7 heteroatoms. The highest BCUT2D eigenvalue weighted by molar-refractivity contribution is 9.10. The van der Waals surface area contributed by atoms with Crippen LogP contribution in [0.1, 0.15) is 24.8 Å². The number of aromatic nitrogens is 1. The van der Waals surface area contributed by atoms with E-state index in [4.69, 9.17) is 16.0 Å². The molecule has 2 rings (SSSR count). The molecule has 0 fully saturated rings. The van der Waals surface area contributed by atoms with Crippen LogP contribution < -0.4 is 5.32 Å². The van der Waals surface area contributed by atoms with Gasteiger partial charge in [0, 0.05) is 41.8 Å². The minimum Gasteiger partial charge on any atom is -0.466 e. The van der Waals surface area contributed by atoms with Gasteiger partial charge in [-0.2, -0.15) is 0 Å². The zero-order valence-electron chi connectivity index (χ0n) is 13.7. The van der Waals surface area contributed by atoms with Crippen molar-refractivity contribution in [2.75, 3.05) is 20.8 Å². The molecule has 126 valence electrons. The monoisotopic (exact) mass is 391 g/mol. The molecule has 0 saturated heterocycles. The van der Waals surface area contributed by atoms with Gasteiger partial charge in [0.2, 0.25) is 0 Å². The lowest BCUT2D eigenvalue weighted by Crippen LogP contribution is -2.29. The Morgan fingerprint density at radius 3 is 2.83 bits per heavy atom. The van der Waals surface area contributed by atoms with E-state index in [0.29, 0.717) is 30.0 Å². The maximum Gasteiger partial charge on any atom is 0.335 e. The van der Waals surface area contributed by atoms with Gasteiger partial charge >= 0.3 is 5.97 Å². The third-order valence-electron chi connectivity index (χ3n) is 3.81. The quantitative estimate of drug-likeness (QED) is 0.616. The lowest BCUT2D eigenvalue weighted by molar-refractivity contribution is -0.136. The standard InChI is InChI=1S/C17H18BrN3O3/c1-10-16(19-2)14(11-5-7-20-9-12(11)18)15(17(22)24-4)13(21-10)6-8-23-3/h5,7,9,14,21H,6,8H2,1,3-4H3. The lowest BCUT2D eigenvalue weighted by atomic mass is 9.84. The van der Waals surface area contributed by atoms with Crippen molar-refractivity contribution < 1.29 is 14.3 Å². The fourth-order valence-corrected chi connectivity index (χ4v) is 3.19. The average Bonchev–Trinajstić information content (AvgIpc) is 2.59. The number of nitrogens with zero attached hydrogens (tertiary/aromatic N) is 2. The Balaban J connectivity index is 2.67. The van der Waals surface area contributed by atoms with Crippen LogP contribution in [0.25, 0.3) is 4.85 Å². The Labute approximate surface area is 149 Å². The molecule has 0 bridgehead atoms. The Morgan fingerprint density at radius 1 is 1.50 bits per heavy atom. The highest BCUT2D eigenvalue weighted by Crippen LogP contribution is 2.42. The molecule has 1 atom stereocenters. The van der Waals surface area contributed by atoms with Gasteiger partial charge in [-0.05, 0) is 34.5 Å². The summed E-state index contributed by atoms with van der Waals surface area (Å²) in [6, 6.07) is 1.80. The van der Waals surface area contributed by atoms with Gasteiger partial charge < -0.3 is 14.8 Å². The molecule has 1 N–H and O–H groups in total. The first kappa shape index (κ1) is 18.2. The molecule has 6 nitrogen and oxygen atoms in total. The van der Waals surface area contributed by atoms with Crippen molar-refractivity contribution in [3.63, 3.8) is 0 Å². The van der Waals surface area contributed by atoms with E-state index in [1.54, 1.807) is 25.6 Å². The number of pyridine rings is 1. The van der Waals surface area contributed by atoms with Crippen LogP contribution in [-0.4, -0.2) is 31.8 Å². The summed E-state index contributed by atoms with van der Waals surface area (Å²) in [7, 11) is 2.94. The van der Waals surface area contributed by atoms with Crippen molar-refractivity contribution in [2.45, 2.75) is 19.3 Å².